The Hall–Kier alpha value is -2.87. The highest BCUT2D eigenvalue weighted by atomic mass is 35.5. The number of aromatic nitrogens is 4. The van der Waals surface area contributed by atoms with Gasteiger partial charge in [0, 0.05) is 37.1 Å². The molecule has 1 amide bonds. The van der Waals surface area contributed by atoms with Gasteiger partial charge in [0.1, 0.15) is 11.6 Å². The summed E-state index contributed by atoms with van der Waals surface area (Å²) in [5, 5.41) is 13.8. The molecule has 3 aromatic rings. The lowest BCUT2D eigenvalue weighted by atomic mass is 10.3. The summed E-state index contributed by atoms with van der Waals surface area (Å²) in [6.07, 6.45) is 2.31. The first kappa shape index (κ1) is 18.2. The van der Waals surface area contributed by atoms with E-state index in [1.165, 1.54) is 0 Å². The SMILES string of the molecule is O=C(COc1cccc(Cl)c1)N1CCN(c2ccc3nnc(C4CC4)n3n2)CC1. The maximum atomic E-state index is 12.5. The Labute approximate surface area is 173 Å². The van der Waals surface area contributed by atoms with E-state index in [-0.39, 0.29) is 12.5 Å². The molecule has 3 heterocycles. The molecule has 8 nitrogen and oxygen atoms in total. The second-order valence-electron chi connectivity index (χ2n) is 7.41. The first-order chi connectivity index (χ1) is 14.2. The Balaban J connectivity index is 1.19. The predicted molar refractivity (Wildman–Crippen MR) is 108 cm³/mol. The van der Waals surface area contributed by atoms with Crippen molar-refractivity contribution in [3.63, 3.8) is 0 Å². The number of piperazine rings is 1. The molecule has 0 bridgehead atoms. The molecule has 0 atom stereocenters. The maximum absolute atomic E-state index is 12.5. The molecule has 29 heavy (non-hydrogen) atoms. The molecule has 1 saturated heterocycles. The van der Waals surface area contributed by atoms with Gasteiger partial charge >= 0.3 is 0 Å². The lowest BCUT2D eigenvalue weighted by Gasteiger charge is -2.35. The van der Waals surface area contributed by atoms with Crippen molar-refractivity contribution >= 4 is 29.0 Å². The minimum absolute atomic E-state index is 0.00993. The van der Waals surface area contributed by atoms with Crippen LogP contribution in [0.2, 0.25) is 5.02 Å². The Morgan fingerprint density at radius 1 is 1.10 bits per heavy atom. The molecule has 0 N–H and O–H groups in total. The van der Waals surface area contributed by atoms with Gasteiger partial charge in [0.2, 0.25) is 0 Å². The Morgan fingerprint density at radius 2 is 1.93 bits per heavy atom. The van der Waals surface area contributed by atoms with Crippen LogP contribution in [0.5, 0.6) is 5.75 Å². The molecule has 0 spiro atoms. The molecule has 1 aliphatic carbocycles. The van der Waals surface area contributed by atoms with Gasteiger partial charge in [0.15, 0.2) is 18.1 Å². The van der Waals surface area contributed by atoms with Crippen molar-refractivity contribution in [2.45, 2.75) is 18.8 Å². The number of amides is 1. The third-order valence-corrected chi connectivity index (χ3v) is 5.57. The summed E-state index contributed by atoms with van der Waals surface area (Å²) in [5.74, 6) is 2.90. The van der Waals surface area contributed by atoms with E-state index in [1.54, 1.807) is 24.3 Å². The molecule has 5 rings (SSSR count). The smallest absolute Gasteiger partial charge is 0.260 e. The van der Waals surface area contributed by atoms with Crippen LogP contribution in [0.4, 0.5) is 5.82 Å². The van der Waals surface area contributed by atoms with Crippen LogP contribution in [0, 0.1) is 0 Å². The van der Waals surface area contributed by atoms with Crippen molar-refractivity contribution in [2.75, 3.05) is 37.7 Å². The van der Waals surface area contributed by atoms with Crippen LogP contribution in [0.25, 0.3) is 5.65 Å². The van der Waals surface area contributed by atoms with E-state index in [4.69, 9.17) is 21.4 Å². The second kappa shape index (κ2) is 7.51. The van der Waals surface area contributed by atoms with Gasteiger partial charge in [0.05, 0.1) is 0 Å². The fourth-order valence-corrected chi connectivity index (χ4v) is 3.72. The number of carbonyl (C=O) groups is 1. The zero-order valence-corrected chi connectivity index (χ0v) is 16.6. The number of halogens is 1. The van der Waals surface area contributed by atoms with Gasteiger partial charge in [-0.25, -0.2) is 0 Å². The van der Waals surface area contributed by atoms with Gasteiger partial charge in [-0.05, 0) is 43.2 Å². The van der Waals surface area contributed by atoms with Gasteiger partial charge in [-0.3, -0.25) is 4.79 Å². The molecule has 2 aliphatic rings. The van der Waals surface area contributed by atoms with Crippen molar-refractivity contribution in [3.05, 3.63) is 47.2 Å². The Kier molecular flexibility index (Phi) is 4.71. The van der Waals surface area contributed by atoms with Crippen LogP contribution in [-0.2, 0) is 4.79 Å². The number of hydrogen-bond donors (Lipinski definition) is 0. The highest BCUT2D eigenvalue weighted by Gasteiger charge is 2.30. The summed E-state index contributed by atoms with van der Waals surface area (Å²) in [6, 6.07) is 11.0. The number of fused-ring (bicyclic) bond motifs is 1. The van der Waals surface area contributed by atoms with Crippen LogP contribution in [-0.4, -0.2) is 63.4 Å². The van der Waals surface area contributed by atoms with E-state index in [0.29, 0.717) is 29.8 Å². The van der Waals surface area contributed by atoms with Gasteiger partial charge < -0.3 is 14.5 Å². The van der Waals surface area contributed by atoms with E-state index in [1.807, 2.05) is 21.5 Å². The Bertz CT molecular complexity index is 1040. The van der Waals surface area contributed by atoms with Crippen LogP contribution in [0.15, 0.2) is 36.4 Å². The van der Waals surface area contributed by atoms with E-state index < -0.39 is 0 Å². The summed E-state index contributed by atoms with van der Waals surface area (Å²) < 4.78 is 7.44. The molecule has 1 aliphatic heterocycles. The molecule has 2 aromatic heterocycles. The number of ether oxygens (including phenoxy) is 1. The molecular formula is C20H21ClN6O2. The van der Waals surface area contributed by atoms with Crippen LogP contribution >= 0.6 is 11.6 Å². The maximum Gasteiger partial charge on any atom is 0.260 e. The Morgan fingerprint density at radius 3 is 2.69 bits per heavy atom. The third kappa shape index (κ3) is 3.85. The molecule has 1 saturated carbocycles. The average Bonchev–Trinajstić information content (AvgIpc) is 3.51. The monoisotopic (exact) mass is 412 g/mol. The number of nitrogens with zero attached hydrogens (tertiary/aromatic N) is 6. The second-order valence-corrected chi connectivity index (χ2v) is 7.84. The fourth-order valence-electron chi connectivity index (χ4n) is 3.54. The zero-order chi connectivity index (χ0) is 19.8. The topological polar surface area (TPSA) is 75.9 Å². The molecule has 0 radical (unpaired) electrons. The van der Waals surface area contributed by atoms with Gasteiger partial charge in [-0.15, -0.1) is 15.3 Å². The van der Waals surface area contributed by atoms with E-state index >= 15 is 0 Å². The highest BCUT2D eigenvalue weighted by molar-refractivity contribution is 6.30. The van der Waals surface area contributed by atoms with Crippen LogP contribution in [0.1, 0.15) is 24.6 Å². The normalized spacial score (nSPS) is 17.0. The largest absolute Gasteiger partial charge is 0.484 e. The fraction of sp³-hybridized carbons (Fsp3) is 0.400. The van der Waals surface area contributed by atoms with E-state index in [9.17, 15) is 4.79 Å². The van der Waals surface area contributed by atoms with Crippen molar-refractivity contribution in [1.29, 1.82) is 0 Å². The number of hydrogen-bond acceptors (Lipinski definition) is 6. The van der Waals surface area contributed by atoms with Gasteiger partial charge in [0.25, 0.3) is 5.91 Å². The van der Waals surface area contributed by atoms with Crippen LogP contribution < -0.4 is 9.64 Å². The van der Waals surface area contributed by atoms with E-state index in [2.05, 4.69) is 15.1 Å². The number of benzene rings is 1. The minimum Gasteiger partial charge on any atom is -0.484 e. The summed E-state index contributed by atoms with van der Waals surface area (Å²) in [5.41, 5.74) is 0.780. The lowest BCUT2D eigenvalue weighted by molar-refractivity contribution is -0.133. The molecule has 1 aromatic carbocycles. The lowest BCUT2D eigenvalue weighted by Crippen LogP contribution is -2.50. The molecule has 0 unspecified atom stereocenters. The standard InChI is InChI=1S/C20H21ClN6O2/c21-15-2-1-3-16(12-15)29-13-19(28)26-10-8-25(9-11-26)18-7-6-17-22-23-20(14-4-5-14)27(17)24-18/h1-3,6-7,12,14H,4-5,8-11,13H2. The third-order valence-electron chi connectivity index (χ3n) is 5.33. The van der Waals surface area contributed by atoms with Crippen LogP contribution in [0.3, 0.4) is 0 Å². The highest BCUT2D eigenvalue weighted by Crippen LogP contribution is 2.38. The first-order valence-electron chi connectivity index (χ1n) is 9.81. The number of anilines is 1. The van der Waals surface area contributed by atoms with Crippen molar-refractivity contribution < 1.29 is 9.53 Å². The summed E-state index contributed by atoms with van der Waals surface area (Å²) in [7, 11) is 0. The van der Waals surface area contributed by atoms with Gasteiger partial charge in [-0.1, -0.05) is 17.7 Å². The molecular weight excluding hydrogens is 392 g/mol. The first-order valence-corrected chi connectivity index (χ1v) is 10.2. The minimum atomic E-state index is -0.0251. The molecule has 150 valence electrons. The molecule has 9 heteroatoms. The summed E-state index contributed by atoms with van der Waals surface area (Å²) >= 11 is 5.95. The number of rotatable bonds is 5. The average molecular weight is 413 g/mol. The predicted octanol–water partition coefficient (Wildman–Crippen LogP) is 2.38. The summed E-state index contributed by atoms with van der Waals surface area (Å²) in [6.45, 7) is 2.73. The number of carbonyl (C=O) groups excluding carboxylic acids is 1. The van der Waals surface area contributed by atoms with Crippen molar-refractivity contribution in [2.24, 2.45) is 0 Å². The zero-order valence-electron chi connectivity index (χ0n) is 15.9. The van der Waals surface area contributed by atoms with Crippen molar-refractivity contribution in [1.82, 2.24) is 24.7 Å². The van der Waals surface area contributed by atoms with Crippen molar-refractivity contribution in [3.8, 4) is 5.75 Å². The summed E-state index contributed by atoms with van der Waals surface area (Å²) in [4.78, 5) is 16.5. The molecule has 2 fully saturated rings. The quantitative estimate of drug-likeness (QED) is 0.640. The van der Waals surface area contributed by atoms with Gasteiger partial charge in [-0.2, -0.15) is 4.52 Å². The van der Waals surface area contributed by atoms with E-state index in [0.717, 1.165) is 43.2 Å².